The molecular weight excluding hydrogens is 304 g/mol. The third-order valence-corrected chi connectivity index (χ3v) is 3.61. The first-order valence-electron chi connectivity index (χ1n) is 7.58. The molecule has 1 N–H and O–H groups in total. The fourth-order valence-electron chi connectivity index (χ4n) is 2.41. The van der Waals surface area contributed by atoms with Gasteiger partial charge in [-0.3, -0.25) is 0 Å². The fraction of sp³-hybridized carbons (Fsp3) is 0.667. The van der Waals surface area contributed by atoms with Gasteiger partial charge in [-0.15, -0.1) is 10.2 Å². The maximum absolute atomic E-state index is 12.3. The molecule has 0 aliphatic carbocycles. The molecule has 2 rings (SSSR count). The predicted octanol–water partition coefficient (Wildman–Crippen LogP) is 3.33. The van der Waals surface area contributed by atoms with E-state index in [-0.39, 0.29) is 12.1 Å². The average Bonchev–Trinajstić information content (AvgIpc) is 2.45. The van der Waals surface area contributed by atoms with Crippen molar-refractivity contribution in [3.8, 4) is 0 Å². The van der Waals surface area contributed by atoms with Gasteiger partial charge in [-0.2, -0.15) is 0 Å². The van der Waals surface area contributed by atoms with Gasteiger partial charge in [0.2, 0.25) is 0 Å². The number of rotatable bonds is 3. The number of hydrogen-bond acceptors (Lipinski definition) is 5. The molecule has 1 atom stereocenters. The topological polar surface area (TPSA) is 67.3 Å². The van der Waals surface area contributed by atoms with Gasteiger partial charge in [0, 0.05) is 13.1 Å². The average molecular weight is 327 g/mol. The Kier molecular flexibility index (Phi) is 5.45. The largest absolute Gasteiger partial charge is 0.444 e. The minimum absolute atomic E-state index is 0.0982. The number of halogens is 1. The van der Waals surface area contributed by atoms with E-state index in [4.69, 9.17) is 16.3 Å². The van der Waals surface area contributed by atoms with E-state index in [1.54, 1.807) is 12.1 Å². The number of aromatic nitrogens is 2. The van der Waals surface area contributed by atoms with Crippen LogP contribution in [0.1, 0.15) is 40.0 Å². The molecule has 0 saturated carbocycles. The van der Waals surface area contributed by atoms with Crippen molar-refractivity contribution in [1.82, 2.24) is 15.1 Å². The molecule has 0 aromatic carbocycles. The van der Waals surface area contributed by atoms with E-state index in [9.17, 15) is 4.79 Å². The van der Waals surface area contributed by atoms with Gasteiger partial charge in [-0.05, 0) is 52.2 Å². The van der Waals surface area contributed by atoms with E-state index < -0.39 is 5.60 Å². The van der Waals surface area contributed by atoms with E-state index >= 15 is 0 Å². The third-order valence-electron chi connectivity index (χ3n) is 3.41. The number of carbonyl (C=O) groups excluding carboxylic acids is 1. The zero-order valence-electron chi connectivity index (χ0n) is 13.3. The quantitative estimate of drug-likeness (QED) is 0.922. The van der Waals surface area contributed by atoms with Gasteiger partial charge in [-0.1, -0.05) is 11.6 Å². The van der Waals surface area contributed by atoms with Gasteiger partial charge in [0.25, 0.3) is 0 Å². The van der Waals surface area contributed by atoms with Crippen LogP contribution in [0, 0.1) is 0 Å². The van der Waals surface area contributed by atoms with E-state index in [0.717, 1.165) is 25.8 Å². The standard InChI is InChI=1S/C15H23ClN4O2/c1-15(2,3)22-14(21)20-9-5-4-6-11(20)10-17-13-8-7-12(16)18-19-13/h7-8,11H,4-6,9-10H2,1-3H3,(H,17,19)/t11-/m0/s1. The number of nitrogens with one attached hydrogen (secondary N) is 1. The minimum atomic E-state index is -0.478. The second kappa shape index (κ2) is 7.13. The molecule has 6 nitrogen and oxygen atoms in total. The lowest BCUT2D eigenvalue weighted by Crippen LogP contribution is -2.48. The number of piperidine rings is 1. The smallest absolute Gasteiger partial charge is 0.410 e. The molecule has 1 aliphatic heterocycles. The van der Waals surface area contributed by atoms with Crippen molar-refractivity contribution in [3.05, 3.63) is 17.3 Å². The highest BCUT2D eigenvalue weighted by atomic mass is 35.5. The highest BCUT2D eigenvalue weighted by Gasteiger charge is 2.30. The third kappa shape index (κ3) is 5.02. The number of ether oxygens (including phenoxy) is 1. The molecule has 22 heavy (non-hydrogen) atoms. The Morgan fingerprint density at radius 1 is 1.41 bits per heavy atom. The first-order valence-corrected chi connectivity index (χ1v) is 7.96. The molecule has 1 aromatic heterocycles. The summed E-state index contributed by atoms with van der Waals surface area (Å²) in [5, 5.41) is 11.3. The summed E-state index contributed by atoms with van der Waals surface area (Å²) >= 11 is 5.72. The van der Waals surface area contributed by atoms with Crippen molar-refractivity contribution < 1.29 is 9.53 Å². The Balaban J connectivity index is 1.94. The first kappa shape index (κ1) is 16.8. The van der Waals surface area contributed by atoms with Crippen LogP contribution in [-0.4, -0.2) is 45.9 Å². The monoisotopic (exact) mass is 326 g/mol. The molecule has 2 heterocycles. The van der Waals surface area contributed by atoms with Crippen molar-refractivity contribution in [2.75, 3.05) is 18.4 Å². The fourth-order valence-corrected chi connectivity index (χ4v) is 2.51. The molecule has 0 bridgehead atoms. The molecule has 1 fully saturated rings. The molecule has 1 saturated heterocycles. The number of anilines is 1. The van der Waals surface area contributed by atoms with Crippen LogP contribution >= 0.6 is 11.6 Å². The molecular formula is C15H23ClN4O2. The highest BCUT2D eigenvalue weighted by Crippen LogP contribution is 2.21. The number of likely N-dealkylation sites (tertiary alicyclic amines) is 1. The molecule has 1 aliphatic rings. The van der Waals surface area contributed by atoms with Crippen molar-refractivity contribution in [1.29, 1.82) is 0 Å². The van der Waals surface area contributed by atoms with Crippen LogP contribution in [0.4, 0.5) is 10.6 Å². The van der Waals surface area contributed by atoms with Gasteiger partial charge in [0.15, 0.2) is 5.15 Å². The Bertz CT molecular complexity index is 501. The van der Waals surface area contributed by atoms with Gasteiger partial charge >= 0.3 is 6.09 Å². The lowest BCUT2D eigenvalue weighted by Gasteiger charge is -2.36. The summed E-state index contributed by atoms with van der Waals surface area (Å²) in [5.41, 5.74) is -0.478. The van der Waals surface area contributed by atoms with Crippen LogP contribution in [-0.2, 0) is 4.74 Å². The summed E-state index contributed by atoms with van der Waals surface area (Å²) < 4.78 is 5.49. The first-order chi connectivity index (χ1) is 10.3. The summed E-state index contributed by atoms with van der Waals surface area (Å²) in [6.45, 7) is 6.99. The summed E-state index contributed by atoms with van der Waals surface area (Å²) in [6, 6.07) is 3.56. The van der Waals surface area contributed by atoms with E-state index in [0.29, 0.717) is 17.5 Å². The van der Waals surface area contributed by atoms with Crippen LogP contribution in [0.3, 0.4) is 0 Å². The van der Waals surface area contributed by atoms with E-state index in [1.807, 2.05) is 25.7 Å². The van der Waals surface area contributed by atoms with Gasteiger partial charge in [0.05, 0.1) is 6.04 Å². The van der Waals surface area contributed by atoms with Crippen molar-refractivity contribution in [3.63, 3.8) is 0 Å². The Morgan fingerprint density at radius 2 is 2.18 bits per heavy atom. The Hall–Kier alpha value is -1.56. The normalized spacial score (nSPS) is 18.9. The highest BCUT2D eigenvalue weighted by molar-refractivity contribution is 6.29. The van der Waals surface area contributed by atoms with E-state index in [1.165, 1.54) is 0 Å². The van der Waals surface area contributed by atoms with Crippen LogP contribution < -0.4 is 5.32 Å². The molecule has 0 unspecified atom stereocenters. The SMILES string of the molecule is CC(C)(C)OC(=O)N1CCCC[C@H]1CNc1ccc(Cl)nn1. The molecule has 1 amide bonds. The Labute approximate surface area is 136 Å². The zero-order valence-corrected chi connectivity index (χ0v) is 14.1. The second-order valence-corrected chi connectivity index (χ2v) is 6.83. The molecule has 7 heteroatoms. The minimum Gasteiger partial charge on any atom is -0.444 e. The van der Waals surface area contributed by atoms with Crippen LogP contribution in [0.15, 0.2) is 12.1 Å². The van der Waals surface area contributed by atoms with Gasteiger partial charge in [-0.25, -0.2) is 4.79 Å². The predicted molar refractivity (Wildman–Crippen MR) is 86.1 cm³/mol. The van der Waals surface area contributed by atoms with Crippen LogP contribution in [0.2, 0.25) is 5.15 Å². The lowest BCUT2D eigenvalue weighted by atomic mass is 10.0. The van der Waals surface area contributed by atoms with Crippen molar-refractivity contribution in [2.45, 2.75) is 51.7 Å². The van der Waals surface area contributed by atoms with Crippen molar-refractivity contribution >= 4 is 23.5 Å². The Morgan fingerprint density at radius 3 is 2.82 bits per heavy atom. The van der Waals surface area contributed by atoms with Gasteiger partial charge in [0.1, 0.15) is 11.4 Å². The number of nitrogens with zero attached hydrogens (tertiary/aromatic N) is 3. The van der Waals surface area contributed by atoms with Gasteiger partial charge < -0.3 is 15.0 Å². The lowest BCUT2D eigenvalue weighted by molar-refractivity contribution is 0.0114. The molecule has 1 aromatic rings. The maximum atomic E-state index is 12.3. The number of carbonyl (C=O) groups is 1. The number of hydrogen-bond donors (Lipinski definition) is 1. The second-order valence-electron chi connectivity index (χ2n) is 6.45. The van der Waals surface area contributed by atoms with E-state index in [2.05, 4.69) is 15.5 Å². The van der Waals surface area contributed by atoms with Crippen LogP contribution in [0.5, 0.6) is 0 Å². The maximum Gasteiger partial charge on any atom is 0.410 e. The molecule has 0 radical (unpaired) electrons. The van der Waals surface area contributed by atoms with Crippen LogP contribution in [0.25, 0.3) is 0 Å². The summed E-state index contributed by atoms with van der Waals surface area (Å²) in [6.07, 6.45) is 2.82. The molecule has 0 spiro atoms. The summed E-state index contributed by atoms with van der Waals surface area (Å²) in [5.74, 6) is 0.652. The molecule has 122 valence electrons. The zero-order chi connectivity index (χ0) is 16.2. The summed E-state index contributed by atoms with van der Waals surface area (Å²) in [4.78, 5) is 14.1. The van der Waals surface area contributed by atoms with Crippen molar-refractivity contribution in [2.24, 2.45) is 0 Å². The number of amides is 1. The summed E-state index contributed by atoms with van der Waals surface area (Å²) in [7, 11) is 0.